The highest BCUT2D eigenvalue weighted by atomic mass is 16.5. The number of hydrogen-bond acceptors (Lipinski definition) is 4. The van der Waals surface area contributed by atoms with Gasteiger partial charge in [0.05, 0.1) is 12.2 Å². The summed E-state index contributed by atoms with van der Waals surface area (Å²) in [6.45, 7) is 2.50. The van der Waals surface area contributed by atoms with Crippen molar-refractivity contribution in [3.8, 4) is 0 Å². The van der Waals surface area contributed by atoms with E-state index in [9.17, 15) is 9.59 Å². The first kappa shape index (κ1) is 13.8. The van der Waals surface area contributed by atoms with Crippen LogP contribution in [0.4, 0.5) is 5.69 Å². The lowest BCUT2D eigenvalue weighted by Crippen LogP contribution is -2.14. The number of carbonyl (C=O) groups excluding carboxylic acids is 2. The number of primary amides is 1. The number of anilines is 1. The second kappa shape index (κ2) is 7.11. The Morgan fingerprint density at radius 1 is 1.39 bits per heavy atom. The van der Waals surface area contributed by atoms with Gasteiger partial charge in [-0.1, -0.05) is 18.2 Å². The first-order valence-electron chi connectivity index (χ1n) is 5.61. The number of amides is 1. The molecule has 5 nitrogen and oxygen atoms in total. The van der Waals surface area contributed by atoms with Gasteiger partial charge in [0.1, 0.15) is 0 Å². The minimum atomic E-state index is -0.493. The van der Waals surface area contributed by atoms with E-state index in [0.29, 0.717) is 24.4 Å². The lowest BCUT2D eigenvalue weighted by molar-refractivity contribution is -0.137. The fourth-order valence-electron chi connectivity index (χ4n) is 1.37. The number of carbonyl (C=O) groups is 2. The summed E-state index contributed by atoms with van der Waals surface area (Å²) in [5.74, 6) is -0.880. The summed E-state index contributed by atoms with van der Waals surface area (Å²) >= 11 is 0. The molecule has 0 aromatic heterocycles. The minimum absolute atomic E-state index is 0.348. The van der Waals surface area contributed by atoms with Gasteiger partial charge in [0.2, 0.25) is 0 Å². The molecule has 1 amide bonds. The summed E-state index contributed by atoms with van der Waals surface area (Å²) in [6, 6.07) is 6.92. The molecule has 0 aliphatic heterocycles. The highest BCUT2D eigenvalue weighted by molar-refractivity contribution is 5.98. The molecule has 5 heteroatoms. The lowest BCUT2D eigenvalue weighted by atomic mass is 10.1. The maximum atomic E-state index is 11.1. The summed E-state index contributed by atoms with van der Waals surface area (Å²) in [4.78, 5) is 22.2. The zero-order valence-electron chi connectivity index (χ0n) is 10.2. The molecule has 0 unspecified atom stereocenters. The SMILES string of the molecule is CCOC(=O)/C=C/CNc1ccccc1C(N)=O. The van der Waals surface area contributed by atoms with Gasteiger partial charge in [-0.2, -0.15) is 0 Å². The molecule has 1 aromatic rings. The standard InChI is InChI=1S/C13H16N2O3/c1-2-18-12(16)8-5-9-15-11-7-4-3-6-10(11)13(14)17/h3-8,15H,2,9H2,1H3,(H2,14,17)/b8-5+. The van der Waals surface area contributed by atoms with E-state index in [1.54, 1.807) is 37.3 Å². The Morgan fingerprint density at radius 2 is 2.11 bits per heavy atom. The zero-order valence-corrected chi connectivity index (χ0v) is 10.2. The van der Waals surface area contributed by atoms with Crippen LogP contribution in [-0.4, -0.2) is 25.0 Å². The van der Waals surface area contributed by atoms with Crippen LogP contribution >= 0.6 is 0 Å². The predicted octanol–water partition coefficient (Wildman–Crippen LogP) is 1.32. The highest BCUT2D eigenvalue weighted by Crippen LogP contribution is 2.13. The largest absolute Gasteiger partial charge is 0.463 e. The van der Waals surface area contributed by atoms with E-state index in [1.807, 2.05) is 0 Å². The molecular weight excluding hydrogens is 232 g/mol. The smallest absolute Gasteiger partial charge is 0.330 e. The Labute approximate surface area is 106 Å². The first-order valence-corrected chi connectivity index (χ1v) is 5.61. The lowest BCUT2D eigenvalue weighted by Gasteiger charge is -2.07. The van der Waals surface area contributed by atoms with Gasteiger partial charge in [0, 0.05) is 18.3 Å². The number of benzene rings is 1. The van der Waals surface area contributed by atoms with Crippen molar-refractivity contribution >= 4 is 17.6 Å². The van der Waals surface area contributed by atoms with E-state index >= 15 is 0 Å². The minimum Gasteiger partial charge on any atom is -0.463 e. The highest BCUT2D eigenvalue weighted by Gasteiger charge is 2.05. The van der Waals surface area contributed by atoms with Crippen LogP contribution in [0, 0.1) is 0 Å². The third kappa shape index (κ3) is 4.29. The quantitative estimate of drug-likeness (QED) is 0.587. The molecule has 1 rings (SSSR count). The van der Waals surface area contributed by atoms with Crippen molar-refractivity contribution in [2.45, 2.75) is 6.92 Å². The molecule has 0 spiro atoms. The van der Waals surface area contributed by atoms with Crippen molar-refractivity contribution in [1.82, 2.24) is 0 Å². The molecule has 1 aromatic carbocycles. The van der Waals surface area contributed by atoms with E-state index in [0.717, 1.165) is 0 Å². The topological polar surface area (TPSA) is 81.4 Å². The van der Waals surface area contributed by atoms with E-state index < -0.39 is 5.91 Å². The molecule has 0 bridgehead atoms. The van der Waals surface area contributed by atoms with Crippen LogP contribution < -0.4 is 11.1 Å². The molecule has 96 valence electrons. The first-order chi connectivity index (χ1) is 8.65. The van der Waals surface area contributed by atoms with Crippen molar-refractivity contribution in [3.05, 3.63) is 42.0 Å². The Hall–Kier alpha value is -2.30. The summed E-state index contributed by atoms with van der Waals surface area (Å²) < 4.78 is 4.73. The molecule has 0 heterocycles. The Bertz CT molecular complexity index is 455. The van der Waals surface area contributed by atoms with Crippen LogP contribution in [0.3, 0.4) is 0 Å². The molecule has 3 N–H and O–H groups in total. The Kier molecular flexibility index (Phi) is 5.44. The summed E-state index contributed by atoms with van der Waals surface area (Å²) in [7, 11) is 0. The molecule has 0 saturated carbocycles. The van der Waals surface area contributed by atoms with Crippen molar-refractivity contribution < 1.29 is 14.3 Å². The number of esters is 1. The molecule has 0 radical (unpaired) electrons. The van der Waals surface area contributed by atoms with Crippen molar-refractivity contribution in [2.75, 3.05) is 18.5 Å². The molecular formula is C13H16N2O3. The van der Waals surface area contributed by atoms with Gasteiger partial charge in [-0.05, 0) is 19.1 Å². The fourth-order valence-corrected chi connectivity index (χ4v) is 1.37. The maximum Gasteiger partial charge on any atom is 0.330 e. The third-order valence-corrected chi connectivity index (χ3v) is 2.14. The van der Waals surface area contributed by atoms with Gasteiger partial charge in [-0.25, -0.2) is 4.79 Å². The summed E-state index contributed by atoms with van der Waals surface area (Å²) in [6.07, 6.45) is 2.96. The molecule has 0 aliphatic rings. The normalized spacial score (nSPS) is 10.3. The fraction of sp³-hybridized carbons (Fsp3) is 0.231. The number of hydrogen-bond donors (Lipinski definition) is 2. The average Bonchev–Trinajstić information content (AvgIpc) is 2.35. The molecule has 0 atom stereocenters. The number of para-hydroxylation sites is 1. The van der Waals surface area contributed by atoms with Crippen LogP contribution in [0.2, 0.25) is 0 Å². The number of rotatable bonds is 6. The van der Waals surface area contributed by atoms with Gasteiger partial charge in [-0.3, -0.25) is 4.79 Å². The van der Waals surface area contributed by atoms with Crippen LogP contribution in [0.15, 0.2) is 36.4 Å². The van der Waals surface area contributed by atoms with Crippen LogP contribution in [0.1, 0.15) is 17.3 Å². The number of nitrogens with two attached hydrogens (primary N) is 1. The predicted molar refractivity (Wildman–Crippen MR) is 69.2 cm³/mol. The van der Waals surface area contributed by atoms with Crippen molar-refractivity contribution in [1.29, 1.82) is 0 Å². The average molecular weight is 248 g/mol. The van der Waals surface area contributed by atoms with E-state index in [2.05, 4.69) is 5.32 Å². The number of nitrogens with one attached hydrogen (secondary N) is 1. The van der Waals surface area contributed by atoms with Crippen LogP contribution in [0.5, 0.6) is 0 Å². The van der Waals surface area contributed by atoms with Gasteiger partial charge in [0.15, 0.2) is 0 Å². The summed E-state index contributed by atoms with van der Waals surface area (Å²) in [5.41, 5.74) is 6.29. The molecule has 18 heavy (non-hydrogen) atoms. The van der Waals surface area contributed by atoms with E-state index in [1.165, 1.54) is 6.08 Å². The van der Waals surface area contributed by atoms with Gasteiger partial charge >= 0.3 is 5.97 Å². The van der Waals surface area contributed by atoms with Gasteiger partial charge in [0.25, 0.3) is 5.91 Å². The third-order valence-electron chi connectivity index (χ3n) is 2.14. The van der Waals surface area contributed by atoms with Crippen molar-refractivity contribution in [2.24, 2.45) is 5.73 Å². The van der Waals surface area contributed by atoms with Crippen LogP contribution in [0.25, 0.3) is 0 Å². The van der Waals surface area contributed by atoms with Crippen LogP contribution in [-0.2, 0) is 9.53 Å². The Balaban J connectivity index is 2.54. The molecule has 0 fully saturated rings. The Morgan fingerprint density at radius 3 is 2.78 bits per heavy atom. The second-order valence-electron chi connectivity index (χ2n) is 3.45. The van der Waals surface area contributed by atoms with Gasteiger partial charge < -0.3 is 15.8 Å². The second-order valence-corrected chi connectivity index (χ2v) is 3.45. The van der Waals surface area contributed by atoms with E-state index in [4.69, 9.17) is 10.5 Å². The molecule has 0 saturated heterocycles. The molecule has 0 aliphatic carbocycles. The summed E-state index contributed by atoms with van der Waals surface area (Å²) in [5, 5.41) is 3.00. The van der Waals surface area contributed by atoms with E-state index in [-0.39, 0.29) is 5.97 Å². The van der Waals surface area contributed by atoms with Gasteiger partial charge in [-0.15, -0.1) is 0 Å². The zero-order chi connectivity index (χ0) is 13.4. The monoisotopic (exact) mass is 248 g/mol. The number of ether oxygens (including phenoxy) is 1. The maximum absolute atomic E-state index is 11.1. The van der Waals surface area contributed by atoms with Crippen molar-refractivity contribution in [3.63, 3.8) is 0 Å².